The molecule has 0 aliphatic rings. The number of nitrogens with zero attached hydrogens (tertiary/aromatic N) is 2. The van der Waals surface area contributed by atoms with Gasteiger partial charge in [0, 0.05) is 20.2 Å². The van der Waals surface area contributed by atoms with Crippen LogP contribution >= 0.6 is 11.6 Å². The Balaban J connectivity index is 4.21. The Morgan fingerprint density at radius 2 is 1.81 bits per heavy atom. The zero-order valence-electron chi connectivity index (χ0n) is 10.1. The van der Waals surface area contributed by atoms with E-state index in [-0.39, 0.29) is 5.21 Å². The van der Waals surface area contributed by atoms with Gasteiger partial charge in [0.2, 0.25) is 10.0 Å². The monoisotopic (exact) mass is 272 g/mol. The van der Waals surface area contributed by atoms with Crippen molar-refractivity contribution in [3.05, 3.63) is 0 Å². The molecule has 16 heavy (non-hydrogen) atoms. The highest BCUT2D eigenvalue weighted by molar-refractivity contribution is 7.90. The van der Waals surface area contributed by atoms with E-state index in [1.165, 1.54) is 4.31 Å². The minimum atomic E-state index is -3.33. The summed E-state index contributed by atoms with van der Waals surface area (Å²) in [7, 11) is 2.12. The van der Waals surface area contributed by atoms with Crippen molar-refractivity contribution >= 4 is 21.6 Å². The van der Waals surface area contributed by atoms with Crippen molar-refractivity contribution < 1.29 is 13.2 Å². The van der Waals surface area contributed by atoms with Gasteiger partial charge in [-0.25, -0.2) is 8.42 Å². The number of sulfonamides is 1. The van der Waals surface area contributed by atoms with Crippen LogP contribution in [0.15, 0.2) is 0 Å². The lowest BCUT2D eigenvalue weighted by Gasteiger charge is -2.21. The fourth-order valence-corrected chi connectivity index (χ4v) is 2.53. The second-order valence-corrected chi connectivity index (χ2v) is 6.32. The summed E-state index contributed by atoms with van der Waals surface area (Å²) in [5.74, 6) is 0. The maximum absolute atomic E-state index is 11.6. The minimum Gasteiger partial charge on any atom is -0.383 e. The number of alkyl halides is 1. The Bertz CT molecular complexity index is 270. The van der Waals surface area contributed by atoms with Crippen molar-refractivity contribution in [2.45, 2.75) is 6.42 Å². The van der Waals surface area contributed by atoms with Crippen LogP contribution in [0.4, 0.5) is 0 Å². The summed E-state index contributed by atoms with van der Waals surface area (Å²) in [4.78, 5) is 2.02. The molecule has 0 fully saturated rings. The molecule has 0 saturated heterocycles. The van der Waals surface area contributed by atoms with E-state index in [2.05, 4.69) is 0 Å². The third-order valence-electron chi connectivity index (χ3n) is 2.09. The summed E-state index contributed by atoms with van der Waals surface area (Å²) in [6, 6.07) is 0. The van der Waals surface area contributed by atoms with E-state index in [1.807, 2.05) is 19.0 Å². The minimum absolute atomic E-state index is 0.360. The molecule has 0 aromatic heterocycles. The number of rotatable bonds is 9. The van der Waals surface area contributed by atoms with Crippen LogP contribution in [0.25, 0.3) is 0 Å². The predicted octanol–water partition coefficient (Wildman–Crippen LogP) is 0.413. The lowest BCUT2D eigenvalue weighted by molar-refractivity contribution is 0.177. The molecule has 0 radical (unpaired) electrons. The van der Waals surface area contributed by atoms with E-state index in [0.29, 0.717) is 19.7 Å². The van der Waals surface area contributed by atoms with Gasteiger partial charge in [-0.2, -0.15) is 4.31 Å². The summed E-state index contributed by atoms with van der Waals surface area (Å²) >= 11 is 5.43. The zero-order chi connectivity index (χ0) is 12.6. The van der Waals surface area contributed by atoms with Gasteiger partial charge in [-0.05, 0) is 27.1 Å². The van der Waals surface area contributed by atoms with Gasteiger partial charge in [0.25, 0.3) is 0 Å². The van der Waals surface area contributed by atoms with E-state index >= 15 is 0 Å². The summed E-state index contributed by atoms with van der Waals surface area (Å²) in [6.45, 7) is 2.08. The quantitative estimate of drug-likeness (QED) is 0.571. The average molecular weight is 273 g/mol. The Kier molecular flexibility index (Phi) is 8.31. The number of halogens is 1. The highest BCUT2D eigenvalue weighted by Crippen LogP contribution is 2.05. The Morgan fingerprint density at radius 3 is 2.25 bits per heavy atom. The van der Waals surface area contributed by atoms with Crippen molar-refractivity contribution in [1.29, 1.82) is 0 Å². The van der Waals surface area contributed by atoms with E-state index < -0.39 is 10.0 Å². The number of ether oxygens (including phenoxy) is 1. The Morgan fingerprint density at radius 1 is 1.19 bits per heavy atom. The van der Waals surface area contributed by atoms with Gasteiger partial charge >= 0.3 is 0 Å². The van der Waals surface area contributed by atoms with Gasteiger partial charge in [-0.15, -0.1) is 11.6 Å². The second kappa shape index (κ2) is 8.25. The van der Waals surface area contributed by atoms with Crippen molar-refractivity contribution in [3.63, 3.8) is 0 Å². The van der Waals surface area contributed by atoms with E-state index in [9.17, 15) is 8.42 Å². The highest BCUT2D eigenvalue weighted by Gasteiger charge is 2.19. The van der Waals surface area contributed by atoms with E-state index in [4.69, 9.17) is 16.3 Å². The molecule has 0 saturated carbocycles. The van der Waals surface area contributed by atoms with Gasteiger partial charge in [-0.1, -0.05) is 0 Å². The standard InChI is InChI=1S/C9H21ClN2O3S/c1-11(2)5-4-6-12(7-8-15-3)16(13,14)9-10/h4-9H2,1-3H3. The van der Waals surface area contributed by atoms with E-state index in [0.717, 1.165) is 13.0 Å². The molecule has 7 heteroatoms. The van der Waals surface area contributed by atoms with Crippen LogP contribution in [0.1, 0.15) is 6.42 Å². The fourth-order valence-electron chi connectivity index (χ4n) is 1.22. The molecule has 0 atom stereocenters. The summed E-state index contributed by atoms with van der Waals surface area (Å²) in [5, 5.41) is -0.376. The smallest absolute Gasteiger partial charge is 0.228 e. The molecule has 0 bridgehead atoms. The maximum atomic E-state index is 11.6. The number of hydrogen-bond donors (Lipinski definition) is 0. The average Bonchev–Trinajstić information content (AvgIpc) is 2.22. The van der Waals surface area contributed by atoms with Crippen LogP contribution in [0.5, 0.6) is 0 Å². The molecule has 0 spiro atoms. The molecule has 0 aliphatic carbocycles. The van der Waals surface area contributed by atoms with Crippen molar-refractivity contribution in [2.24, 2.45) is 0 Å². The first kappa shape index (κ1) is 16.1. The fraction of sp³-hybridized carbons (Fsp3) is 1.00. The van der Waals surface area contributed by atoms with Crippen molar-refractivity contribution in [2.75, 3.05) is 52.7 Å². The van der Waals surface area contributed by atoms with Crippen LogP contribution in [0.2, 0.25) is 0 Å². The van der Waals surface area contributed by atoms with Gasteiger partial charge in [-0.3, -0.25) is 0 Å². The predicted molar refractivity (Wildman–Crippen MR) is 66.3 cm³/mol. The van der Waals surface area contributed by atoms with Crippen LogP contribution in [0, 0.1) is 0 Å². The normalized spacial score (nSPS) is 12.6. The third kappa shape index (κ3) is 6.65. The number of methoxy groups -OCH3 is 1. The first-order valence-electron chi connectivity index (χ1n) is 5.11. The topological polar surface area (TPSA) is 49.9 Å². The van der Waals surface area contributed by atoms with Crippen LogP contribution in [-0.2, 0) is 14.8 Å². The molecule has 5 nitrogen and oxygen atoms in total. The molecule has 0 aliphatic heterocycles. The van der Waals surface area contributed by atoms with Crippen molar-refractivity contribution in [3.8, 4) is 0 Å². The molecule has 0 N–H and O–H groups in total. The SMILES string of the molecule is COCCN(CCCN(C)C)S(=O)(=O)CCl. The number of hydrogen-bond acceptors (Lipinski definition) is 4. The first-order chi connectivity index (χ1) is 7.44. The van der Waals surface area contributed by atoms with Crippen molar-refractivity contribution in [1.82, 2.24) is 9.21 Å². The van der Waals surface area contributed by atoms with E-state index in [1.54, 1.807) is 7.11 Å². The Labute approximate surface area is 103 Å². The molecule has 0 aromatic carbocycles. The van der Waals surface area contributed by atoms with Gasteiger partial charge in [0.1, 0.15) is 5.21 Å². The molecule has 0 amide bonds. The first-order valence-corrected chi connectivity index (χ1v) is 7.26. The molecule has 0 rings (SSSR count). The lowest BCUT2D eigenvalue weighted by atomic mass is 10.4. The summed E-state index contributed by atoms with van der Waals surface area (Å²) in [5.41, 5.74) is 0. The molecule has 0 unspecified atom stereocenters. The zero-order valence-corrected chi connectivity index (χ0v) is 11.7. The van der Waals surface area contributed by atoms with Crippen LogP contribution < -0.4 is 0 Å². The van der Waals surface area contributed by atoms with Crippen LogP contribution in [-0.4, -0.2) is 70.3 Å². The molecular formula is C9H21ClN2O3S. The molecular weight excluding hydrogens is 252 g/mol. The maximum Gasteiger partial charge on any atom is 0.228 e. The van der Waals surface area contributed by atoms with Crippen LogP contribution in [0.3, 0.4) is 0 Å². The molecule has 0 aromatic rings. The molecule has 0 heterocycles. The second-order valence-electron chi connectivity index (χ2n) is 3.77. The lowest BCUT2D eigenvalue weighted by Crippen LogP contribution is -2.36. The third-order valence-corrected chi connectivity index (χ3v) is 4.34. The van der Waals surface area contributed by atoms with Gasteiger partial charge in [0.05, 0.1) is 6.61 Å². The van der Waals surface area contributed by atoms with Gasteiger partial charge < -0.3 is 9.64 Å². The summed E-state index contributed by atoms with van der Waals surface area (Å²) < 4.78 is 29.5. The Hall–Kier alpha value is 0.120. The largest absolute Gasteiger partial charge is 0.383 e. The van der Waals surface area contributed by atoms with Gasteiger partial charge in [0.15, 0.2) is 0 Å². The summed E-state index contributed by atoms with van der Waals surface area (Å²) in [6.07, 6.45) is 0.785. The molecule has 98 valence electrons. The highest BCUT2D eigenvalue weighted by atomic mass is 35.5.